The summed E-state index contributed by atoms with van der Waals surface area (Å²) < 4.78 is 5.58. The van der Waals surface area contributed by atoms with Gasteiger partial charge in [-0.2, -0.15) is 0 Å². The van der Waals surface area contributed by atoms with Crippen LogP contribution in [0.4, 0.5) is 0 Å². The standard InChI is InChI=1S/C14H26N2O2/c1-4-7-14(8-5-9-15-14)13(17)16(3)12-6-10-18-11(12)2/h11-12,15H,4-10H2,1-3H3. The van der Waals surface area contributed by atoms with E-state index in [1.807, 2.05) is 11.9 Å². The Morgan fingerprint density at radius 3 is 2.83 bits per heavy atom. The molecule has 4 nitrogen and oxygen atoms in total. The predicted molar refractivity (Wildman–Crippen MR) is 71.5 cm³/mol. The van der Waals surface area contributed by atoms with E-state index in [1.165, 1.54) is 0 Å². The second-order valence-corrected chi connectivity index (χ2v) is 5.71. The van der Waals surface area contributed by atoms with Crippen LogP contribution in [0.25, 0.3) is 0 Å². The molecule has 0 bridgehead atoms. The fourth-order valence-corrected chi connectivity index (χ4v) is 3.45. The Labute approximate surface area is 110 Å². The van der Waals surface area contributed by atoms with Crippen molar-refractivity contribution in [1.82, 2.24) is 10.2 Å². The maximum absolute atomic E-state index is 12.8. The third-order valence-electron chi connectivity index (χ3n) is 4.48. The zero-order valence-electron chi connectivity index (χ0n) is 11.9. The van der Waals surface area contributed by atoms with Crippen LogP contribution in [0.1, 0.15) is 46.0 Å². The van der Waals surface area contributed by atoms with Crippen LogP contribution in [0.15, 0.2) is 0 Å². The second-order valence-electron chi connectivity index (χ2n) is 5.71. The van der Waals surface area contributed by atoms with Gasteiger partial charge in [-0.25, -0.2) is 0 Å². The van der Waals surface area contributed by atoms with Crippen molar-refractivity contribution in [3.8, 4) is 0 Å². The van der Waals surface area contributed by atoms with Gasteiger partial charge in [0.25, 0.3) is 0 Å². The first-order valence-corrected chi connectivity index (χ1v) is 7.24. The highest BCUT2D eigenvalue weighted by Crippen LogP contribution is 2.29. The molecule has 2 saturated heterocycles. The molecule has 0 saturated carbocycles. The maximum Gasteiger partial charge on any atom is 0.242 e. The van der Waals surface area contributed by atoms with E-state index < -0.39 is 0 Å². The van der Waals surface area contributed by atoms with E-state index in [-0.39, 0.29) is 23.6 Å². The number of ether oxygens (including phenoxy) is 1. The van der Waals surface area contributed by atoms with Gasteiger partial charge in [0.2, 0.25) is 5.91 Å². The first kappa shape index (κ1) is 13.8. The van der Waals surface area contributed by atoms with E-state index in [0.717, 1.165) is 45.3 Å². The maximum atomic E-state index is 12.8. The average Bonchev–Trinajstić information content (AvgIpc) is 2.98. The van der Waals surface area contributed by atoms with Gasteiger partial charge in [-0.05, 0) is 39.2 Å². The van der Waals surface area contributed by atoms with Crippen molar-refractivity contribution in [1.29, 1.82) is 0 Å². The van der Waals surface area contributed by atoms with Crippen LogP contribution in [0.5, 0.6) is 0 Å². The lowest BCUT2D eigenvalue weighted by Gasteiger charge is -2.36. The molecule has 2 heterocycles. The lowest BCUT2D eigenvalue weighted by Crippen LogP contribution is -2.57. The second kappa shape index (κ2) is 5.57. The Morgan fingerprint density at radius 1 is 1.56 bits per heavy atom. The molecule has 2 fully saturated rings. The largest absolute Gasteiger partial charge is 0.376 e. The SMILES string of the molecule is CCCC1(C(=O)N(C)C2CCOC2C)CCCN1. The lowest BCUT2D eigenvalue weighted by atomic mass is 9.89. The number of nitrogens with one attached hydrogen (secondary N) is 1. The van der Waals surface area contributed by atoms with Crippen LogP contribution in [-0.2, 0) is 9.53 Å². The molecule has 104 valence electrons. The van der Waals surface area contributed by atoms with Crippen molar-refractivity contribution in [2.45, 2.75) is 63.6 Å². The average molecular weight is 254 g/mol. The minimum Gasteiger partial charge on any atom is -0.376 e. The fraction of sp³-hybridized carbons (Fsp3) is 0.929. The minimum atomic E-state index is -0.300. The summed E-state index contributed by atoms with van der Waals surface area (Å²) in [5.74, 6) is 0.268. The third-order valence-corrected chi connectivity index (χ3v) is 4.48. The summed E-state index contributed by atoms with van der Waals surface area (Å²) in [4.78, 5) is 14.7. The molecule has 1 N–H and O–H groups in total. The number of rotatable bonds is 4. The highest BCUT2D eigenvalue weighted by Gasteiger charge is 2.44. The summed E-state index contributed by atoms with van der Waals surface area (Å²) in [6.07, 6.45) is 5.20. The summed E-state index contributed by atoms with van der Waals surface area (Å²) in [6, 6.07) is 0.244. The molecule has 0 spiro atoms. The van der Waals surface area contributed by atoms with Crippen molar-refractivity contribution in [3.63, 3.8) is 0 Å². The Bertz CT molecular complexity index is 300. The summed E-state index contributed by atoms with van der Waals surface area (Å²) in [5, 5.41) is 3.46. The molecule has 0 aliphatic carbocycles. The highest BCUT2D eigenvalue weighted by atomic mass is 16.5. The van der Waals surface area contributed by atoms with Gasteiger partial charge in [-0.1, -0.05) is 13.3 Å². The van der Waals surface area contributed by atoms with Gasteiger partial charge in [0.15, 0.2) is 0 Å². The van der Waals surface area contributed by atoms with Gasteiger partial charge in [0, 0.05) is 13.7 Å². The fourth-order valence-electron chi connectivity index (χ4n) is 3.45. The third kappa shape index (κ3) is 2.41. The molecule has 3 atom stereocenters. The zero-order valence-corrected chi connectivity index (χ0v) is 11.9. The van der Waals surface area contributed by atoms with Crippen molar-refractivity contribution in [2.24, 2.45) is 0 Å². The van der Waals surface area contributed by atoms with Crippen LogP contribution in [0.3, 0.4) is 0 Å². The molecule has 3 unspecified atom stereocenters. The summed E-state index contributed by atoms with van der Waals surface area (Å²) in [7, 11) is 1.94. The molecule has 0 aromatic carbocycles. The summed E-state index contributed by atoms with van der Waals surface area (Å²) in [6.45, 7) is 5.96. The number of hydrogen-bond acceptors (Lipinski definition) is 3. The zero-order chi connectivity index (χ0) is 13.2. The predicted octanol–water partition coefficient (Wildman–Crippen LogP) is 1.54. The number of nitrogens with zero attached hydrogens (tertiary/aromatic N) is 1. The number of carbonyl (C=O) groups excluding carboxylic acids is 1. The van der Waals surface area contributed by atoms with Gasteiger partial charge >= 0.3 is 0 Å². The quantitative estimate of drug-likeness (QED) is 0.827. The Hall–Kier alpha value is -0.610. The van der Waals surface area contributed by atoms with E-state index in [4.69, 9.17) is 4.74 Å². The Morgan fingerprint density at radius 2 is 2.33 bits per heavy atom. The topological polar surface area (TPSA) is 41.6 Å². The van der Waals surface area contributed by atoms with E-state index in [9.17, 15) is 4.79 Å². The molecule has 4 heteroatoms. The summed E-state index contributed by atoms with van der Waals surface area (Å²) in [5.41, 5.74) is -0.300. The smallest absolute Gasteiger partial charge is 0.242 e. The molecule has 2 rings (SSSR count). The molecule has 0 aromatic rings. The minimum absolute atomic E-state index is 0.166. The van der Waals surface area contributed by atoms with Gasteiger partial charge in [-0.15, -0.1) is 0 Å². The van der Waals surface area contributed by atoms with Crippen molar-refractivity contribution in [3.05, 3.63) is 0 Å². The molecule has 1 amide bonds. The van der Waals surface area contributed by atoms with Gasteiger partial charge in [0.1, 0.15) is 0 Å². The van der Waals surface area contributed by atoms with Crippen LogP contribution < -0.4 is 5.32 Å². The number of likely N-dealkylation sites (N-methyl/N-ethyl adjacent to an activating group) is 1. The highest BCUT2D eigenvalue weighted by molar-refractivity contribution is 5.87. The molecule has 0 radical (unpaired) electrons. The van der Waals surface area contributed by atoms with Crippen molar-refractivity contribution < 1.29 is 9.53 Å². The number of amides is 1. The van der Waals surface area contributed by atoms with E-state index in [0.29, 0.717) is 0 Å². The molecular weight excluding hydrogens is 228 g/mol. The molecule has 2 aliphatic heterocycles. The normalized spacial score (nSPS) is 35.9. The number of hydrogen-bond donors (Lipinski definition) is 1. The van der Waals surface area contributed by atoms with Crippen molar-refractivity contribution in [2.75, 3.05) is 20.2 Å². The van der Waals surface area contributed by atoms with Crippen LogP contribution in [0.2, 0.25) is 0 Å². The lowest BCUT2D eigenvalue weighted by molar-refractivity contribution is -0.140. The summed E-state index contributed by atoms with van der Waals surface area (Å²) >= 11 is 0. The van der Waals surface area contributed by atoms with Gasteiger partial charge in [-0.3, -0.25) is 4.79 Å². The number of carbonyl (C=O) groups is 1. The molecule has 0 aromatic heterocycles. The van der Waals surface area contributed by atoms with Gasteiger partial charge in [0.05, 0.1) is 17.7 Å². The first-order valence-electron chi connectivity index (χ1n) is 7.24. The molecule has 18 heavy (non-hydrogen) atoms. The first-order chi connectivity index (χ1) is 8.60. The van der Waals surface area contributed by atoms with Crippen molar-refractivity contribution >= 4 is 5.91 Å². The Balaban J connectivity index is 2.08. The Kier molecular flexibility index (Phi) is 4.28. The van der Waals surface area contributed by atoms with Crippen LogP contribution >= 0.6 is 0 Å². The van der Waals surface area contributed by atoms with Gasteiger partial charge < -0.3 is 15.0 Å². The van der Waals surface area contributed by atoms with E-state index in [2.05, 4.69) is 19.2 Å². The van der Waals surface area contributed by atoms with E-state index in [1.54, 1.807) is 0 Å². The van der Waals surface area contributed by atoms with Crippen LogP contribution in [0, 0.1) is 0 Å². The molecular formula is C14H26N2O2. The molecule has 2 aliphatic rings. The van der Waals surface area contributed by atoms with E-state index >= 15 is 0 Å². The monoisotopic (exact) mass is 254 g/mol. The van der Waals surface area contributed by atoms with Crippen LogP contribution in [-0.4, -0.2) is 48.7 Å².